The van der Waals surface area contributed by atoms with Gasteiger partial charge in [0.1, 0.15) is 0 Å². The molecule has 1 aromatic rings. The largest absolute Gasteiger partial charge is 0.361 e. The van der Waals surface area contributed by atoms with Crippen LogP contribution in [0.25, 0.3) is 24.3 Å². The Balaban J connectivity index is 2.80. The van der Waals surface area contributed by atoms with E-state index in [4.69, 9.17) is 0 Å². The van der Waals surface area contributed by atoms with Crippen molar-refractivity contribution >= 4 is 35.7 Å². The van der Waals surface area contributed by atoms with E-state index in [1.807, 2.05) is 0 Å². The Morgan fingerprint density at radius 2 is 1.88 bits per heavy atom. The number of hydrogen-bond donors (Lipinski definition) is 2. The molecule has 0 atom stereocenters. The molecule has 2 N–H and O–H groups in total. The van der Waals surface area contributed by atoms with Crippen molar-refractivity contribution < 1.29 is 0 Å². The van der Waals surface area contributed by atoms with Gasteiger partial charge in [0, 0.05) is 22.0 Å². The minimum absolute atomic E-state index is 0.879. The Kier molecular flexibility index (Phi) is 6.68. The molecule has 0 radical (unpaired) electrons. The Bertz CT molecular complexity index is 869. The molecule has 0 amide bonds. The van der Waals surface area contributed by atoms with Crippen molar-refractivity contribution in [2.75, 3.05) is 10.6 Å². The fourth-order valence-corrected chi connectivity index (χ4v) is 3.65. The van der Waals surface area contributed by atoms with E-state index in [-0.39, 0.29) is 0 Å². The van der Waals surface area contributed by atoms with Crippen LogP contribution in [0.4, 0.5) is 11.4 Å². The summed E-state index contributed by atoms with van der Waals surface area (Å²) in [6, 6.07) is 0. The lowest BCUT2D eigenvalue weighted by Gasteiger charge is -2.25. The van der Waals surface area contributed by atoms with Crippen LogP contribution in [0, 0.1) is 0 Å². The molecular formula is C24H32N2. The van der Waals surface area contributed by atoms with Gasteiger partial charge in [0.15, 0.2) is 0 Å². The normalized spacial score (nSPS) is 13.7. The number of benzene rings is 1. The molecule has 138 valence electrons. The average Bonchev–Trinajstić information content (AvgIpc) is 2.59. The minimum atomic E-state index is 0.879. The van der Waals surface area contributed by atoms with E-state index in [0.29, 0.717) is 0 Å². The monoisotopic (exact) mass is 348 g/mol. The maximum Gasteiger partial charge on any atom is 0.0555 e. The molecule has 0 fully saturated rings. The summed E-state index contributed by atoms with van der Waals surface area (Å²) in [5.74, 6) is 0. The number of hydrogen-bond acceptors (Lipinski definition) is 2. The van der Waals surface area contributed by atoms with Crippen molar-refractivity contribution in [1.82, 2.24) is 0 Å². The molecule has 0 unspecified atom stereocenters. The summed E-state index contributed by atoms with van der Waals surface area (Å²) < 4.78 is 0. The van der Waals surface area contributed by atoms with Crippen LogP contribution >= 0.6 is 0 Å². The van der Waals surface area contributed by atoms with Crippen molar-refractivity contribution in [1.29, 1.82) is 0 Å². The molecule has 0 saturated carbocycles. The van der Waals surface area contributed by atoms with E-state index in [0.717, 1.165) is 52.3 Å². The standard InChI is InChI=1S/C24H32N2/c1-8-11-12-14-20(13-9-2)22-18(6)21-16(4)15-17(5)26-24(21)19(7)23(22)25-10-3/h10,14-15,25-26H,3,5-9,11-13H2,1-2,4H3/b20-14-. The molecular weight excluding hydrogens is 316 g/mol. The number of anilines is 2. The summed E-state index contributed by atoms with van der Waals surface area (Å²) in [7, 11) is 0. The zero-order chi connectivity index (χ0) is 19.3. The molecule has 0 saturated heterocycles. The summed E-state index contributed by atoms with van der Waals surface area (Å²) in [5, 5.41) is 8.69. The van der Waals surface area contributed by atoms with Crippen LogP contribution < -0.4 is 21.1 Å². The first-order valence-corrected chi connectivity index (χ1v) is 9.55. The lowest BCUT2D eigenvalue weighted by molar-refractivity contribution is 0.812. The predicted octanol–water partition coefficient (Wildman–Crippen LogP) is 5.78. The first-order valence-electron chi connectivity index (χ1n) is 9.55. The highest BCUT2D eigenvalue weighted by atomic mass is 14.9. The predicted molar refractivity (Wildman–Crippen MR) is 119 cm³/mol. The minimum Gasteiger partial charge on any atom is -0.361 e. The van der Waals surface area contributed by atoms with Gasteiger partial charge in [-0.05, 0) is 48.4 Å². The van der Waals surface area contributed by atoms with Gasteiger partial charge < -0.3 is 10.6 Å². The Labute approximate surface area is 158 Å². The fraction of sp³-hybridized carbons (Fsp3) is 0.333. The summed E-state index contributed by atoms with van der Waals surface area (Å²) in [4.78, 5) is 0. The van der Waals surface area contributed by atoms with Crippen LogP contribution in [-0.2, 0) is 0 Å². The molecule has 1 aliphatic heterocycles. The fourth-order valence-electron chi connectivity index (χ4n) is 3.65. The highest BCUT2D eigenvalue weighted by molar-refractivity contribution is 5.90. The van der Waals surface area contributed by atoms with Gasteiger partial charge in [-0.3, -0.25) is 0 Å². The molecule has 0 aliphatic carbocycles. The van der Waals surface area contributed by atoms with Gasteiger partial charge in [-0.25, -0.2) is 0 Å². The van der Waals surface area contributed by atoms with E-state index in [1.54, 1.807) is 6.20 Å². The molecule has 0 bridgehead atoms. The van der Waals surface area contributed by atoms with Gasteiger partial charge in [-0.1, -0.05) is 65.5 Å². The number of unbranched alkanes of at least 4 members (excludes halogenated alkanes) is 2. The van der Waals surface area contributed by atoms with Crippen LogP contribution in [0.1, 0.15) is 64.0 Å². The molecule has 2 rings (SSSR count). The smallest absolute Gasteiger partial charge is 0.0555 e. The number of allylic oxidation sites excluding steroid dienone is 4. The second-order valence-corrected chi connectivity index (χ2v) is 6.90. The first-order chi connectivity index (χ1) is 12.5. The van der Waals surface area contributed by atoms with Crippen molar-refractivity contribution in [2.45, 2.75) is 52.9 Å². The van der Waals surface area contributed by atoms with Crippen LogP contribution in [0.15, 0.2) is 37.2 Å². The molecule has 0 aromatic heterocycles. The third-order valence-electron chi connectivity index (χ3n) is 4.81. The van der Waals surface area contributed by atoms with E-state index < -0.39 is 0 Å². The zero-order valence-corrected chi connectivity index (χ0v) is 16.6. The van der Waals surface area contributed by atoms with E-state index >= 15 is 0 Å². The van der Waals surface area contributed by atoms with Gasteiger partial charge in [0.2, 0.25) is 0 Å². The third-order valence-corrected chi connectivity index (χ3v) is 4.81. The van der Waals surface area contributed by atoms with Gasteiger partial charge >= 0.3 is 0 Å². The second kappa shape index (κ2) is 8.75. The topological polar surface area (TPSA) is 24.1 Å². The van der Waals surface area contributed by atoms with Crippen LogP contribution in [0.2, 0.25) is 0 Å². The molecule has 1 aliphatic rings. The van der Waals surface area contributed by atoms with Crippen molar-refractivity contribution in [3.05, 3.63) is 58.8 Å². The summed E-state index contributed by atoms with van der Waals surface area (Å²) in [6.45, 7) is 23.3. The zero-order valence-electron chi connectivity index (χ0n) is 16.6. The van der Waals surface area contributed by atoms with Crippen LogP contribution in [-0.4, -0.2) is 0 Å². The summed E-state index contributed by atoms with van der Waals surface area (Å²) in [5.41, 5.74) is 7.71. The van der Waals surface area contributed by atoms with Gasteiger partial charge in [-0.2, -0.15) is 0 Å². The Morgan fingerprint density at radius 3 is 2.50 bits per heavy atom. The first kappa shape index (κ1) is 19.8. The summed E-state index contributed by atoms with van der Waals surface area (Å²) >= 11 is 0. The number of rotatable bonds is 8. The quantitative estimate of drug-likeness (QED) is 0.582. The molecule has 0 spiro atoms. The maximum atomic E-state index is 4.47. The van der Waals surface area contributed by atoms with E-state index in [2.05, 4.69) is 69.9 Å². The van der Waals surface area contributed by atoms with E-state index in [1.165, 1.54) is 29.6 Å². The molecule has 1 aromatic carbocycles. The second-order valence-electron chi connectivity index (χ2n) is 6.90. The SMILES string of the molecule is C=CNc1c(/C(=C\CCCC)CCC)c(=C)c2c(c1=C)NC(=C)C=C2C. The van der Waals surface area contributed by atoms with Crippen molar-refractivity contribution in [3.63, 3.8) is 0 Å². The molecule has 2 heteroatoms. The Hall–Kier alpha value is -2.48. The maximum absolute atomic E-state index is 4.47. The highest BCUT2D eigenvalue weighted by Crippen LogP contribution is 2.31. The van der Waals surface area contributed by atoms with Crippen LogP contribution in [0.3, 0.4) is 0 Å². The third kappa shape index (κ3) is 3.85. The van der Waals surface area contributed by atoms with Crippen molar-refractivity contribution in [2.24, 2.45) is 0 Å². The molecule has 2 nitrogen and oxygen atoms in total. The number of nitrogens with one attached hydrogen (secondary N) is 2. The lowest BCUT2D eigenvalue weighted by Crippen LogP contribution is -2.28. The van der Waals surface area contributed by atoms with Gasteiger partial charge in [0.25, 0.3) is 0 Å². The molecule has 26 heavy (non-hydrogen) atoms. The molecule has 1 heterocycles. The highest BCUT2D eigenvalue weighted by Gasteiger charge is 2.20. The average molecular weight is 349 g/mol. The lowest BCUT2D eigenvalue weighted by atomic mass is 9.88. The van der Waals surface area contributed by atoms with Gasteiger partial charge in [-0.15, -0.1) is 0 Å². The Morgan fingerprint density at radius 1 is 1.15 bits per heavy atom. The summed E-state index contributed by atoms with van der Waals surface area (Å²) in [6.07, 6.45) is 11.8. The van der Waals surface area contributed by atoms with Crippen LogP contribution in [0.5, 0.6) is 0 Å². The van der Waals surface area contributed by atoms with Gasteiger partial charge in [0.05, 0.1) is 11.4 Å². The van der Waals surface area contributed by atoms with Crippen molar-refractivity contribution in [3.8, 4) is 0 Å². The van der Waals surface area contributed by atoms with E-state index in [9.17, 15) is 0 Å². The number of fused-ring (bicyclic) bond motifs is 1.